The number of aromatic nitrogens is 5. The van der Waals surface area contributed by atoms with E-state index in [9.17, 15) is 0 Å². The van der Waals surface area contributed by atoms with Crippen molar-refractivity contribution < 1.29 is 8.83 Å². The molecule has 7 heteroatoms. The summed E-state index contributed by atoms with van der Waals surface area (Å²) in [5.41, 5.74) is 7.78. The van der Waals surface area contributed by atoms with Crippen LogP contribution in [-0.4, -0.2) is 24.9 Å². The van der Waals surface area contributed by atoms with Crippen LogP contribution in [0.25, 0.3) is 67.5 Å². The van der Waals surface area contributed by atoms with Gasteiger partial charge in [0.05, 0.1) is 0 Å². The molecule has 170 valence electrons. The zero-order chi connectivity index (χ0) is 23.9. The van der Waals surface area contributed by atoms with E-state index < -0.39 is 0 Å². The van der Waals surface area contributed by atoms with Crippen LogP contribution in [0.4, 0.5) is 0 Å². The number of pyridine rings is 3. The van der Waals surface area contributed by atoms with Crippen LogP contribution in [0.15, 0.2) is 113 Å². The molecule has 0 amide bonds. The number of nitrogens with zero attached hydrogens (tertiary/aromatic N) is 5. The van der Waals surface area contributed by atoms with E-state index in [4.69, 9.17) is 23.8 Å². The lowest BCUT2D eigenvalue weighted by atomic mass is 9.97. The van der Waals surface area contributed by atoms with E-state index in [1.54, 1.807) is 18.6 Å². The summed E-state index contributed by atoms with van der Waals surface area (Å²) in [7, 11) is 0. The third-order valence-corrected chi connectivity index (χ3v) is 5.99. The Balaban J connectivity index is 1.50. The predicted octanol–water partition coefficient (Wildman–Crippen LogP) is 6.82. The van der Waals surface area contributed by atoms with Gasteiger partial charge in [-0.15, -0.1) is 0 Å². The summed E-state index contributed by atoms with van der Waals surface area (Å²) in [6.07, 6.45) is 8.90. The molecule has 7 nitrogen and oxygen atoms in total. The maximum absolute atomic E-state index is 6.16. The fourth-order valence-corrected chi connectivity index (χ4v) is 4.32. The standard InChI is InChI=1S/C29H17N5O2/c1-3-9-24-22(7-1)33-28(35-24)21-11-13-32-27(29-34-23-8-2-4-10-25(23)36-29)26(21)20-14-19(16-31-17-20)18-6-5-12-30-15-18/h1-17H. The van der Waals surface area contributed by atoms with Gasteiger partial charge in [0.1, 0.15) is 16.7 Å². The molecule has 0 spiro atoms. The van der Waals surface area contributed by atoms with Gasteiger partial charge < -0.3 is 8.83 Å². The number of rotatable bonds is 4. The van der Waals surface area contributed by atoms with Crippen LogP contribution in [0, 0.1) is 0 Å². The van der Waals surface area contributed by atoms with Gasteiger partial charge in [0, 0.05) is 58.8 Å². The van der Waals surface area contributed by atoms with Crippen LogP contribution >= 0.6 is 0 Å². The molecule has 0 saturated heterocycles. The van der Waals surface area contributed by atoms with Crippen molar-refractivity contribution in [1.29, 1.82) is 0 Å². The summed E-state index contributed by atoms with van der Waals surface area (Å²) >= 11 is 0. The van der Waals surface area contributed by atoms with E-state index in [0.717, 1.165) is 38.9 Å². The van der Waals surface area contributed by atoms with Crippen molar-refractivity contribution in [2.45, 2.75) is 0 Å². The number of oxazole rings is 2. The van der Waals surface area contributed by atoms with Gasteiger partial charge in [-0.25, -0.2) is 9.97 Å². The van der Waals surface area contributed by atoms with E-state index in [0.29, 0.717) is 28.6 Å². The topological polar surface area (TPSA) is 90.7 Å². The molecule has 0 aliphatic carbocycles. The van der Waals surface area contributed by atoms with Crippen molar-refractivity contribution >= 4 is 22.2 Å². The lowest BCUT2D eigenvalue weighted by molar-refractivity contribution is 0.615. The normalized spacial score (nSPS) is 11.3. The molecule has 0 aliphatic heterocycles. The van der Waals surface area contributed by atoms with Gasteiger partial charge in [-0.05, 0) is 42.5 Å². The van der Waals surface area contributed by atoms with Crippen molar-refractivity contribution in [1.82, 2.24) is 24.9 Å². The zero-order valence-corrected chi connectivity index (χ0v) is 18.9. The number of benzene rings is 2. The largest absolute Gasteiger partial charge is 0.436 e. The fraction of sp³-hybridized carbons (Fsp3) is 0. The first-order chi connectivity index (χ1) is 17.8. The average molecular weight is 467 g/mol. The quantitative estimate of drug-likeness (QED) is 0.280. The predicted molar refractivity (Wildman–Crippen MR) is 137 cm³/mol. The molecule has 0 saturated carbocycles. The van der Waals surface area contributed by atoms with E-state index in [1.165, 1.54) is 0 Å². The summed E-state index contributed by atoms with van der Waals surface area (Å²) in [5, 5.41) is 0. The summed E-state index contributed by atoms with van der Waals surface area (Å²) in [5.74, 6) is 0.897. The monoisotopic (exact) mass is 467 g/mol. The molecular weight excluding hydrogens is 450 g/mol. The lowest BCUT2D eigenvalue weighted by Gasteiger charge is -2.12. The van der Waals surface area contributed by atoms with E-state index in [1.807, 2.05) is 79.1 Å². The minimum atomic E-state index is 0.413. The smallest absolute Gasteiger partial charge is 0.246 e. The van der Waals surface area contributed by atoms with E-state index in [2.05, 4.69) is 16.0 Å². The molecule has 2 aromatic carbocycles. The minimum absolute atomic E-state index is 0.413. The highest BCUT2D eigenvalue weighted by molar-refractivity contribution is 5.92. The molecule has 0 unspecified atom stereocenters. The second-order valence-electron chi connectivity index (χ2n) is 8.26. The van der Waals surface area contributed by atoms with E-state index >= 15 is 0 Å². The summed E-state index contributed by atoms with van der Waals surface area (Å²) < 4.78 is 12.3. The molecular formula is C29H17N5O2. The van der Waals surface area contributed by atoms with Gasteiger partial charge in [-0.3, -0.25) is 15.0 Å². The third-order valence-electron chi connectivity index (χ3n) is 5.99. The number of para-hydroxylation sites is 4. The summed E-state index contributed by atoms with van der Waals surface area (Å²) in [6, 6.07) is 23.2. The molecule has 0 radical (unpaired) electrons. The summed E-state index contributed by atoms with van der Waals surface area (Å²) in [6.45, 7) is 0. The van der Waals surface area contributed by atoms with Crippen LogP contribution in [0.3, 0.4) is 0 Å². The highest BCUT2D eigenvalue weighted by atomic mass is 16.4. The molecule has 7 rings (SSSR count). The van der Waals surface area contributed by atoms with Gasteiger partial charge in [-0.1, -0.05) is 30.3 Å². The number of hydrogen-bond acceptors (Lipinski definition) is 7. The van der Waals surface area contributed by atoms with Crippen LogP contribution in [0.2, 0.25) is 0 Å². The molecule has 0 atom stereocenters. The molecule has 36 heavy (non-hydrogen) atoms. The first-order valence-corrected chi connectivity index (χ1v) is 11.4. The Morgan fingerprint density at radius 3 is 2.00 bits per heavy atom. The fourth-order valence-electron chi connectivity index (χ4n) is 4.32. The first-order valence-electron chi connectivity index (χ1n) is 11.4. The zero-order valence-electron chi connectivity index (χ0n) is 18.9. The van der Waals surface area contributed by atoms with Crippen molar-refractivity contribution in [2.75, 3.05) is 0 Å². The number of fused-ring (bicyclic) bond motifs is 2. The Morgan fingerprint density at radius 1 is 0.556 bits per heavy atom. The molecule has 7 aromatic rings. The van der Waals surface area contributed by atoms with Crippen LogP contribution < -0.4 is 0 Å². The average Bonchev–Trinajstić information content (AvgIpc) is 3.58. The van der Waals surface area contributed by atoms with E-state index in [-0.39, 0.29) is 0 Å². The van der Waals surface area contributed by atoms with Gasteiger partial charge in [0.25, 0.3) is 0 Å². The highest BCUT2D eigenvalue weighted by Crippen LogP contribution is 2.40. The minimum Gasteiger partial charge on any atom is -0.436 e. The lowest BCUT2D eigenvalue weighted by Crippen LogP contribution is -1.95. The molecule has 5 aromatic heterocycles. The molecule has 5 heterocycles. The first kappa shape index (κ1) is 20.2. The second-order valence-corrected chi connectivity index (χ2v) is 8.26. The van der Waals surface area contributed by atoms with Gasteiger partial charge in [0.15, 0.2) is 11.2 Å². The van der Waals surface area contributed by atoms with Crippen LogP contribution in [-0.2, 0) is 0 Å². The second kappa shape index (κ2) is 8.25. The van der Waals surface area contributed by atoms with Crippen molar-refractivity contribution in [2.24, 2.45) is 0 Å². The van der Waals surface area contributed by atoms with Crippen LogP contribution in [0.5, 0.6) is 0 Å². The highest BCUT2D eigenvalue weighted by Gasteiger charge is 2.23. The molecule has 0 bridgehead atoms. The molecule has 0 N–H and O–H groups in total. The molecule has 0 aliphatic rings. The van der Waals surface area contributed by atoms with Crippen molar-refractivity contribution in [3.63, 3.8) is 0 Å². The van der Waals surface area contributed by atoms with Gasteiger partial charge in [0.2, 0.25) is 11.8 Å². The number of hydrogen-bond donors (Lipinski definition) is 0. The Bertz CT molecular complexity index is 1700. The Morgan fingerprint density at radius 2 is 1.25 bits per heavy atom. The van der Waals surface area contributed by atoms with Crippen molar-refractivity contribution in [3.05, 3.63) is 104 Å². The summed E-state index contributed by atoms with van der Waals surface area (Å²) in [4.78, 5) is 23.0. The third kappa shape index (κ3) is 3.42. The maximum Gasteiger partial charge on any atom is 0.246 e. The Labute approximate surface area is 205 Å². The Kier molecular flexibility index (Phi) is 4.63. The maximum atomic E-state index is 6.16. The van der Waals surface area contributed by atoms with Crippen molar-refractivity contribution in [3.8, 4) is 45.3 Å². The Hall–Kier alpha value is -5.17. The van der Waals surface area contributed by atoms with Crippen LogP contribution in [0.1, 0.15) is 0 Å². The van der Waals surface area contributed by atoms with Gasteiger partial charge in [-0.2, -0.15) is 0 Å². The SMILES string of the molecule is c1cncc(-c2cncc(-c3c(-c4nc5ccccc5o4)ccnc3-c3nc4ccccc4o3)c2)c1. The molecule has 0 fully saturated rings. The van der Waals surface area contributed by atoms with Gasteiger partial charge >= 0.3 is 0 Å².